The molecular weight excluding hydrogens is 568 g/mol. The molecule has 0 amide bonds. The second-order valence-corrected chi connectivity index (χ2v) is 13.0. The molecule has 1 heterocycles. The summed E-state index contributed by atoms with van der Waals surface area (Å²) in [6, 6.07) is 0. The number of aliphatic hydroxyl groups is 2. The second kappa shape index (κ2) is 10.8. The van der Waals surface area contributed by atoms with Gasteiger partial charge in [0.1, 0.15) is 29.5 Å². The van der Waals surface area contributed by atoms with Crippen LogP contribution < -0.4 is 0 Å². The van der Waals surface area contributed by atoms with Gasteiger partial charge < -0.3 is 38.6 Å². The summed E-state index contributed by atoms with van der Waals surface area (Å²) in [5.41, 5.74) is -5.73. The van der Waals surface area contributed by atoms with Gasteiger partial charge in [0.15, 0.2) is 12.2 Å². The Hall–Kier alpha value is -3.03. The van der Waals surface area contributed by atoms with E-state index in [9.17, 15) is 34.2 Å². The number of epoxide rings is 1. The summed E-state index contributed by atoms with van der Waals surface area (Å²) in [5, 5.41) is 24.4. The molecule has 2 bridgehead atoms. The molecule has 2 N–H and O–H groups in total. The van der Waals surface area contributed by atoms with Crippen LogP contribution in [0.25, 0.3) is 0 Å². The normalized spacial score (nSPS) is 41.1. The second-order valence-electron chi connectivity index (χ2n) is 13.0. The van der Waals surface area contributed by atoms with E-state index >= 15 is 0 Å². The van der Waals surface area contributed by atoms with Crippen LogP contribution in [0.4, 0.5) is 0 Å². The quantitative estimate of drug-likeness (QED) is 0.197. The van der Waals surface area contributed by atoms with Crippen LogP contribution in [0, 0.1) is 16.7 Å². The van der Waals surface area contributed by atoms with Crippen LogP contribution >= 0.6 is 0 Å². The number of carbonyl (C=O) groups excluding carboxylic acids is 5. The average Bonchev–Trinajstić information content (AvgIpc) is 3.63. The molecule has 0 unspecified atom stereocenters. The predicted octanol–water partition coefficient (Wildman–Crippen LogP) is 1.29. The van der Waals surface area contributed by atoms with Crippen molar-refractivity contribution >= 4 is 29.8 Å². The zero-order chi connectivity index (χ0) is 32.4. The highest BCUT2D eigenvalue weighted by Gasteiger charge is 2.79. The molecule has 43 heavy (non-hydrogen) atoms. The number of fused-ring (bicyclic) bond motifs is 4. The molecule has 0 aromatic rings. The molecular formula is C30H42O13. The first-order chi connectivity index (χ1) is 19.7. The van der Waals surface area contributed by atoms with Crippen molar-refractivity contribution in [2.75, 3.05) is 6.61 Å². The van der Waals surface area contributed by atoms with Gasteiger partial charge in [0, 0.05) is 58.8 Å². The van der Waals surface area contributed by atoms with Gasteiger partial charge >= 0.3 is 29.8 Å². The fourth-order valence-electron chi connectivity index (χ4n) is 8.10. The lowest BCUT2D eigenvalue weighted by atomic mass is 9.45. The van der Waals surface area contributed by atoms with Crippen molar-refractivity contribution in [3.63, 3.8) is 0 Å². The molecule has 10 atom stereocenters. The van der Waals surface area contributed by atoms with Crippen molar-refractivity contribution in [3.8, 4) is 0 Å². The van der Waals surface area contributed by atoms with E-state index in [1.807, 2.05) is 0 Å². The van der Waals surface area contributed by atoms with Gasteiger partial charge in [-0.3, -0.25) is 24.0 Å². The van der Waals surface area contributed by atoms with Gasteiger partial charge in [-0.25, -0.2) is 0 Å². The highest BCUT2D eigenvalue weighted by molar-refractivity contribution is 5.70. The molecule has 3 fully saturated rings. The summed E-state index contributed by atoms with van der Waals surface area (Å²) >= 11 is 0. The summed E-state index contributed by atoms with van der Waals surface area (Å²) in [5.74, 6) is -4.82. The smallest absolute Gasteiger partial charge is 0.303 e. The minimum Gasteiger partial charge on any atom is -0.462 e. The van der Waals surface area contributed by atoms with Crippen LogP contribution in [0.5, 0.6) is 0 Å². The largest absolute Gasteiger partial charge is 0.462 e. The molecule has 1 aliphatic heterocycles. The van der Waals surface area contributed by atoms with Crippen molar-refractivity contribution in [2.45, 2.75) is 123 Å². The van der Waals surface area contributed by atoms with Gasteiger partial charge in [-0.1, -0.05) is 20.8 Å². The Morgan fingerprint density at radius 3 is 1.74 bits per heavy atom. The van der Waals surface area contributed by atoms with E-state index in [1.165, 1.54) is 27.7 Å². The summed E-state index contributed by atoms with van der Waals surface area (Å²) < 4.78 is 35.3. The van der Waals surface area contributed by atoms with Crippen molar-refractivity contribution < 1.29 is 62.6 Å². The molecule has 4 rings (SSSR count). The fraction of sp³-hybridized carbons (Fsp3) is 0.767. The van der Waals surface area contributed by atoms with Gasteiger partial charge in [-0.2, -0.15) is 0 Å². The third-order valence-corrected chi connectivity index (χ3v) is 9.97. The average molecular weight is 611 g/mol. The van der Waals surface area contributed by atoms with Crippen LogP contribution in [0.15, 0.2) is 11.1 Å². The van der Waals surface area contributed by atoms with Gasteiger partial charge in [0.05, 0.1) is 18.1 Å². The first kappa shape index (κ1) is 32.9. The number of ether oxygens (including phenoxy) is 6. The molecule has 4 aliphatic rings. The number of hydrogen-bond acceptors (Lipinski definition) is 13. The van der Waals surface area contributed by atoms with E-state index in [0.717, 1.165) is 6.92 Å². The molecule has 0 radical (unpaired) electrons. The van der Waals surface area contributed by atoms with E-state index in [0.29, 0.717) is 5.57 Å². The SMILES string of the molecule is CC(=O)O[C@H]1C[C@@]2(O)[C@@H](OC(C)=O)[C@H]3[C@]4(CO4)[C@@H](O)C[C@@H](OC(C)=O)[C@@]3(C)[C@@H](OC(C)=O)[C@H](OC(C)=O)C(=C1C)C2(C)C. The van der Waals surface area contributed by atoms with Crippen LogP contribution in [0.2, 0.25) is 0 Å². The maximum atomic E-state index is 12.9. The third kappa shape index (κ3) is 5.12. The minimum absolute atomic E-state index is 0.0182. The molecule has 0 aromatic heterocycles. The van der Waals surface area contributed by atoms with E-state index in [1.54, 1.807) is 27.7 Å². The van der Waals surface area contributed by atoms with Gasteiger partial charge in [-0.05, 0) is 18.1 Å². The molecule has 240 valence electrons. The maximum Gasteiger partial charge on any atom is 0.303 e. The van der Waals surface area contributed by atoms with Crippen molar-refractivity contribution in [1.29, 1.82) is 0 Å². The lowest BCUT2D eigenvalue weighted by molar-refractivity contribution is -0.283. The standard InChI is InChI=1S/C30H42O13/c1-13-19(39-14(2)31)11-30(37)26(43-18(6)35)24-28(9,21(40-15(3)32)10-20(36)29(24)12-38-29)25(42-17(5)34)23(41-16(4)33)22(13)27(30,7)8/h19-21,23-26,36-37H,10-12H2,1-9H3/t19-,20-,21+,23+,24+,25-,26-,28+,29-,30+/m0/s1. The Morgan fingerprint density at radius 2 is 1.28 bits per heavy atom. The Kier molecular flexibility index (Phi) is 8.29. The topological polar surface area (TPSA) is 184 Å². The summed E-state index contributed by atoms with van der Waals surface area (Å²) in [7, 11) is 0. The van der Waals surface area contributed by atoms with Gasteiger partial charge in [0.25, 0.3) is 0 Å². The monoisotopic (exact) mass is 610 g/mol. The zero-order valence-electron chi connectivity index (χ0n) is 26.0. The number of hydrogen-bond donors (Lipinski definition) is 2. The molecule has 3 aliphatic carbocycles. The van der Waals surface area contributed by atoms with Crippen LogP contribution in [-0.4, -0.2) is 94.5 Å². The van der Waals surface area contributed by atoms with E-state index in [2.05, 4.69) is 0 Å². The van der Waals surface area contributed by atoms with Crippen molar-refractivity contribution in [1.82, 2.24) is 0 Å². The molecule has 2 saturated carbocycles. The lowest BCUT2D eigenvalue weighted by Gasteiger charge is -2.64. The molecule has 0 aromatic carbocycles. The van der Waals surface area contributed by atoms with Crippen LogP contribution in [0.1, 0.15) is 75.2 Å². The molecule has 13 nitrogen and oxygen atoms in total. The van der Waals surface area contributed by atoms with Gasteiger partial charge in [-0.15, -0.1) is 0 Å². The summed E-state index contributed by atoms with van der Waals surface area (Å²) in [6.45, 7) is 12.5. The Bertz CT molecular complexity index is 1250. The van der Waals surface area contributed by atoms with E-state index in [-0.39, 0.29) is 25.0 Å². The number of carbonyl (C=O) groups is 5. The summed E-state index contributed by atoms with van der Waals surface area (Å²) in [4.78, 5) is 63.0. The van der Waals surface area contributed by atoms with Crippen molar-refractivity contribution in [2.24, 2.45) is 16.7 Å². The predicted molar refractivity (Wildman–Crippen MR) is 145 cm³/mol. The Balaban J connectivity index is 2.19. The zero-order valence-corrected chi connectivity index (χ0v) is 26.0. The number of rotatable bonds is 5. The number of aliphatic hydroxyl groups excluding tert-OH is 1. The first-order valence-electron chi connectivity index (χ1n) is 14.4. The molecule has 13 heteroatoms. The Labute approximate surface area is 250 Å². The highest BCUT2D eigenvalue weighted by atomic mass is 16.6. The van der Waals surface area contributed by atoms with Crippen LogP contribution in [-0.2, 0) is 52.4 Å². The van der Waals surface area contributed by atoms with E-state index in [4.69, 9.17) is 28.4 Å². The summed E-state index contributed by atoms with van der Waals surface area (Å²) in [6.07, 6.45) is -8.19. The highest BCUT2D eigenvalue weighted by Crippen LogP contribution is 2.66. The third-order valence-electron chi connectivity index (χ3n) is 9.97. The minimum atomic E-state index is -2.05. The van der Waals surface area contributed by atoms with Crippen molar-refractivity contribution in [3.05, 3.63) is 11.1 Å². The van der Waals surface area contributed by atoms with Crippen LogP contribution in [0.3, 0.4) is 0 Å². The number of esters is 5. The molecule has 1 spiro atoms. The Morgan fingerprint density at radius 1 is 0.791 bits per heavy atom. The van der Waals surface area contributed by atoms with Gasteiger partial charge in [0.2, 0.25) is 0 Å². The lowest BCUT2D eigenvalue weighted by Crippen LogP contribution is -2.76. The first-order valence-corrected chi connectivity index (χ1v) is 14.4. The maximum absolute atomic E-state index is 12.9. The molecule has 1 saturated heterocycles. The fourth-order valence-corrected chi connectivity index (χ4v) is 8.10. The van der Waals surface area contributed by atoms with E-state index < -0.39 is 94.4 Å².